The minimum atomic E-state index is -0.796. The maximum atomic E-state index is 12.5. The van der Waals surface area contributed by atoms with E-state index in [0.717, 1.165) is 12.8 Å². The molecule has 2 unspecified atom stereocenters. The number of rotatable bonds is 6. The maximum Gasteiger partial charge on any atom is 0.306 e. The van der Waals surface area contributed by atoms with Gasteiger partial charge in [-0.2, -0.15) is 5.26 Å². The number of hydrogen-bond acceptors (Lipinski definition) is 3. The van der Waals surface area contributed by atoms with Crippen molar-refractivity contribution in [1.29, 1.82) is 5.26 Å². The first kappa shape index (κ1) is 16.5. The molecule has 0 heterocycles. The van der Waals surface area contributed by atoms with Gasteiger partial charge >= 0.3 is 5.97 Å². The average molecular weight is 280 g/mol. The van der Waals surface area contributed by atoms with Gasteiger partial charge in [0.05, 0.1) is 18.4 Å². The van der Waals surface area contributed by atoms with Gasteiger partial charge in [-0.05, 0) is 25.2 Å². The molecule has 0 spiro atoms. The molecule has 0 aromatic carbocycles. The van der Waals surface area contributed by atoms with E-state index in [0.29, 0.717) is 38.3 Å². The second-order valence-electron chi connectivity index (χ2n) is 5.98. The third-order valence-corrected chi connectivity index (χ3v) is 3.76. The van der Waals surface area contributed by atoms with Crippen LogP contribution < -0.4 is 0 Å². The molecule has 1 amide bonds. The van der Waals surface area contributed by atoms with Crippen molar-refractivity contribution in [2.45, 2.75) is 46.0 Å². The Kier molecular flexibility index (Phi) is 6.50. The van der Waals surface area contributed by atoms with Gasteiger partial charge in [0.1, 0.15) is 0 Å². The number of hydrogen-bond donors (Lipinski definition) is 1. The molecular formula is C15H24N2O3. The fraction of sp³-hybridized carbons (Fsp3) is 0.800. The molecule has 1 aliphatic carbocycles. The fourth-order valence-corrected chi connectivity index (χ4v) is 2.81. The van der Waals surface area contributed by atoms with E-state index < -0.39 is 11.9 Å². The number of amides is 1. The zero-order chi connectivity index (χ0) is 15.1. The van der Waals surface area contributed by atoms with Crippen LogP contribution in [-0.4, -0.2) is 35.0 Å². The Bertz CT molecular complexity index is 387. The lowest BCUT2D eigenvalue weighted by Crippen LogP contribution is -2.41. The first-order valence-corrected chi connectivity index (χ1v) is 7.34. The lowest BCUT2D eigenvalue weighted by molar-refractivity contribution is -0.145. The molecular weight excluding hydrogens is 256 g/mol. The number of carbonyl (C=O) groups excluding carboxylic acids is 1. The molecule has 1 N–H and O–H groups in total. The highest BCUT2D eigenvalue weighted by atomic mass is 16.4. The zero-order valence-electron chi connectivity index (χ0n) is 12.3. The summed E-state index contributed by atoms with van der Waals surface area (Å²) in [5, 5.41) is 17.8. The molecule has 0 saturated heterocycles. The molecule has 0 aromatic heterocycles. The summed E-state index contributed by atoms with van der Waals surface area (Å²) in [6.07, 6.45) is 3.00. The predicted molar refractivity (Wildman–Crippen MR) is 74.7 cm³/mol. The van der Waals surface area contributed by atoms with E-state index in [2.05, 4.69) is 6.07 Å². The summed E-state index contributed by atoms with van der Waals surface area (Å²) in [5.74, 6) is -1.01. The van der Waals surface area contributed by atoms with Gasteiger partial charge in [0.25, 0.3) is 0 Å². The number of carboxylic acid groups (broad SMARTS) is 1. The Morgan fingerprint density at radius 1 is 1.35 bits per heavy atom. The maximum absolute atomic E-state index is 12.5. The van der Waals surface area contributed by atoms with Gasteiger partial charge < -0.3 is 10.0 Å². The molecule has 2 atom stereocenters. The first-order chi connectivity index (χ1) is 9.45. The highest BCUT2D eigenvalue weighted by molar-refractivity contribution is 5.80. The van der Waals surface area contributed by atoms with Crippen molar-refractivity contribution in [3.63, 3.8) is 0 Å². The SMILES string of the molecule is CC(C)CN(CCC#N)C(=O)C1CCCC(C(=O)O)C1. The van der Waals surface area contributed by atoms with Crippen LogP contribution in [0, 0.1) is 29.1 Å². The average Bonchev–Trinajstić information content (AvgIpc) is 2.42. The van der Waals surface area contributed by atoms with Crippen LogP contribution in [0.3, 0.4) is 0 Å². The van der Waals surface area contributed by atoms with Crippen molar-refractivity contribution >= 4 is 11.9 Å². The number of carboxylic acids is 1. The van der Waals surface area contributed by atoms with E-state index in [1.54, 1.807) is 4.90 Å². The molecule has 0 aliphatic heterocycles. The van der Waals surface area contributed by atoms with Gasteiger partial charge in [0.2, 0.25) is 5.91 Å². The van der Waals surface area contributed by atoms with E-state index in [4.69, 9.17) is 10.4 Å². The Morgan fingerprint density at radius 2 is 2.00 bits per heavy atom. The highest BCUT2D eigenvalue weighted by Crippen LogP contribution is 2.30. The molecule has 1 fully saturated rings. The van der Waals surface area contributed by atoms with Crippen molar-refractivity contribution in [3.8, 4) is 6.07 Å². The van der Waals surface area contributed by atoms with Gasteiger partial charge in [-0.15, -0.1) is 0 Å². The molecule has 1 aliphatic rings. The van der Waals surface area contributed by atoms with Gasteiger partial charge in [0.15, 0.2) is 0 Å². The summed E-state index contributed by atoms with van der Waals surface area (Å²) >= 11 is 0. The van der Waals surface area contributed by atoms with E-state index >= 15 is 0 Å². The van der Waals surface area contributed by atoms with E-state index in [1.165, 1.54) is 0 Å². The van der Waals surface area contributed by atoms with Crippen LogP contribution in [0.2, 0.25) is 0 Å². The smallest absolute Gasteiger partial charge is 0.306 e. The number of nitriles is 1. The van der Waals surface area contributed by atoms with Crippen molar-refractivity contribution in [1.82, 2.24) is 4.90 Å². The van der Waals surface area contributed by atoms with Gasteiger partial charge in [-0.1, -0.05) is 20.3 Å². The van der Waals surface area contributed by atoms with Crippen molar-refractivity contribution < 1.29 is 14.7 Å². The minimum Gasteiger partial charge on any atom is -0.481 e. The molecule has 112 valence electrons. The lowest BCUT2D eigenvalue weighted by Gasteiger charge is -2.32. The summed E-state index contributed by atoms with van der Waals surface area (Å²) in [6, 6.07) is 2.07. The van der Waals surface area contributed by atoms with Crippen LogP contribution in [0.4, 0.5) is 0 Å². The Morgan fingerprint density at radius 3 is 2.55 bits per heavy atom. The van der Waals surface area contributed by atoms with Crippen molar-refractivity contribution in [2.75, 3.05) is 13.1 Å². The van der Waals surface area contributed by atoms with Crippen molar-refractivity contribution in [2.24, 2.45) is 17.8 Å². The van der Waals surface area contributed by atoms with Crippen LogP contribution in [0.5, 0.6) is 0 Å². The highest BCUT2D eigenvalue weighted by Gasteiger charge is 2.33. The van der Waals surface area contributed by atoms with Crippen LogP contribution in [0.15, 0.2) is 0 Å². The molecule has 20 heavy (non-hydrogen) atoms. The van der Waals surface area contributed by atoms with E-state index in [1.807, 2.05) is 13.8 Å². The molecule has 0 bridgehead atoms. The van der Waals surface area contributed by atoms with Gasteiger partial charge in [0, 0.05) is 19.0 Å². The fourth-order valence-electron chi connectivity index (χ4n) is 2.81. The summed E-state index contributed by atoms with van der Waals surface area (Å²) in [5.41, 5.74) is 0. The second kappa shape index (κ2) is 7.88. The third-order valence-electron chi connectivity index (χ3n) is 3.76. The second-order valence-corrected chi connectivity index (χ2v) is 5.98. The summed E-state index contributed by atoms with van der Waals surface area (Å²) in [4.78, 5) is 25.3. The Balaban J connectivity index is 2.67. The van der Waals surface area contributed by atoms with Gasteiger partial charge in [-0.25, -0.2) is 0 Å². The number of carbonyl (C=O) groups is 2. The van der Waals surface area contributed by atoms with Crippen LogP contribution in [0.1, 0.15) is 46.0 Å². The van der Waals surface area contributed by atoms with Crippen molar-refractivity contribution in [3.05, 3.63) is 0 Å². The molecule has 0 aromatic rings. The Hall–Kier alpha value is -1.57. The first-order valence-electron chi connectivity index (χ1n) is 7.34. The Labute approximate surface area is 120 Å². The normalized spacial score (nSPS) is 22.3. The lowest BCUT2D eigenvalue weighted by atomic mass is 9.80. The number of aliphatic carboxylic acids is 1. The van der Waals surface area contributed by atoms with Crippen LogP contribution in [-0.2, 0) is 9.59 Å². The largest absolute Gasteiger partial charge is 0.481 e. The topological polar surface area (TPSA) is 81.4 Å². The summed E-state index contributed by atoms with van der Waals surface area (Å²) < 4.78 is 0. The number of nitrogens with zero attached hydrogens (tertiary/aromatic N) is 2. The summed E-state index contributed by atoms with van der Waals surface area (Å²) in [7, 11) is 0. The van der Waals surface area contributed by atoms with Crippen LogP contribution in [0.25, 0.3) is 0 Å². The molecule has 1 rings (SSSR count). The van der Waals surface area contributed by atoms with Gasteiger partial charge in [-0.3, -0.25) is 9.59 Å². The van der Waals surface area contributed by atoms with E-state index in [9.17, 15) is 9.59 Å². The van der Waals surface area contributed by atoms with E-state index in [-0.39, 0.29) is 11.8 Å². The standard InChI is InChI=1S/C15H24N2O3/c1-11(2)10-17(8-4-7-16)14(18)12-5-3-6-13(9-12)15(19)20/h11-13H,3-6,8-10H2,1-2H3,(H,19,20). The molecule has 5 heteroatoms. The van der Waals surface area contributed by atoms with Crippen LogP contribution >= 0.6 is 0 Å². The summed E-state index contributed by atoms with van der Waals surface area (Å²) in [6.45, 7) is 5.15. The quantitative estimate of drug-likeness (QED) is 0.809. The monoisotopic (exact) mass is 280 g/mol. The zero-order valence-corrected chi connectivity index (χ0v) is 12.3. The molecule has 5 nitrogen and oxygen atoms in total. The minimum absolute atomic E-state index is 0.0277. The molecule has 0 radical (unpaired) electrons. The third kappa shape index (κ3) is 4.84. The predicted octanol–water partition coefficient (Wildman–Crippen LogP) is 2.28. The molecule has 1 saturated carbocycles.